The van der Waals surface area contributed by atoms with Crippen LogP contribution in [0.5, 0.6) is 0 Å². The Balaban J connectivity index is 1.69. The van der Waals surface area contributed by atoms with Gasteiger partial charge in [-0.05, 0) is 38.8 Å². The SMILES string of the molecule is C[C@@H]1CC[C@@H](C)N1C(=O)c1csc(-c2ccnc3[nH]ccc23)n1. The van der Waals surface area contributed by atoms with Gasteiger partial charge in [0.1, 0.15) is 16.3 Å². The fourth-order valence-corrected chi connectivity index (χ4v) is 4.20. The third-order valence-electron chi connectivity index (χ3n) is 4.60. The van der Waals surface area contributed by atoms with Crippen molar-refractivity contribution in [3.05, 3.63) is 35.6 Å². The second-order valence-corrected chi connectivity index (χ2v) is 6.98. The Morgan fingerprint density at radius 3 is 2.87 bits per heavy atom. The zero-order chi connectivity index (χ0) is 16.0. The van der Waals surface area contributed by atoms with Crippen LogP contribution in [0.25, 0.3) is 21.6 Å². The van der Waals surface area contributed by atoms with Crippen molar-refractivity contribution in [1.29, 1.82) is 0 Å². The minimum absolute atomic E-state index is 0.0457. The summed E-state index contributed by atoms with van der Waals surface area (Å²) in [6.45, 7) is 4.22. The quantitative estimate of drug-likeness (QED) is 0.781. The van der Waals surface area contributed by atoms with Crippen molar-refractivity contribution in [2.45, 2.75) is 38.8 Å². The number of aromatic nitrogens is 3. The number of pyridine rings is 1. The molecule has 0 saturated carbocycles. The number of aromatic amines is 1. The molecular weight excluding hydrogens is 308 g/mol. The predicted molar refractivity (Wildman–Crippen MR) is 91.5 cm³/mol. The summed E-state index contributed by atoms with van der Waals surface area (Å²) < 4.78 is 0. The van der Waals surface area contributed by atoms with E-state index in [4.69, 9.17) is 0 Å². The Morgan fingerprint density at radius 2 is 2.09 bits per heavy atom. The number of likely N-dealkylation sites (tertiary alicyclic amines) is 1. The summed E-state index contributed by atoms with van der Waals surface area (Å²) in [5, 5.41) is 3.76. The molecule has 0 bridgehead atoms. The Bertz CT molecular complexity index is 858. The summed E-state index contributed by atoms with van der Waals surface area (Å²) in [4.78, 5) is 26.8. The normalized spacial score (nSPS) is 21.2. The molecule has 1 amide bonds. The molecule has 0 spiro atoms. The summed E-state index contributed by atoms with van der Waals surface area (Å²) in [6, 6.07) is 4.52. The first-order chi connectivity index (χ1) is 11.1. The van der Waals surface area contributed by atoms with E-state index >= 15 is 0 Å². The topological polar surface area (TPSA) is 61.9 Å². The summed E-state index contributed by atoms with van der Waals surface area (Å²) in [5.41, 5.74) is 2.40. The number of nitrogens with zero attached hydrogens (tertiary/aromatic N) is 3. The van der Waals surface area contributed by atoms with E-state index in [0.29, 0.717) is 17.8 Å². The summed E-state index contributed by atoms with van der Waals surface area (Å²) in [7, 11) is 0. The lowest BCUT2D eigenvalue weighted by Gasteiger charge is -2.25. The smallest absolute Gasteiger partial charge is 0.273 e. The molecule has 1 aliphatic rings. The monoisotopic (exact) mass is 326 g/mol. The first kappa shape index (κ1) is 14.4. The average molecular weight is 326 g/mol. The zero-order valence-corrected chi connectivity index (χ0v) is 13.9. The first-order valence-electron chi connectivity index (χ1n) is 7.86. The number of hydrogen-bond donors (Lipinski definition) is 1. The molecule has 6 heteroatoms. The lowest BCUT2D eigenvalue weighted by molar-refractivity contribution is 0.0687. The Labute approximate surface area is 138 Å². The number of carbonyl (C=O) groups is 1. The largest absolute Gasteiger partial charge is 0.346 e. The van der Waals surface area contributed by atoms with Crippen LogP contribution in [0.15, 0.2) is 29.9 Å². The molecule has 2 atom stereocenters. The van der Waals surface area contributed by atoms with Gasteiger partial charge in [-0.2, -0.15) is 0 Å². The molecule has 0 unspecified atom stereocenters. The summed E-state index contributed by atoms with van der Waals surface area (Å²) in [5.74, 6) is 0.0457. The van der Waals surface area contributed by atoms with Crippen LogP contribution in [0.1, 0.15) is 37.2 Å². The molecule has 4 rings (SSSR count). The van der Waals surface area contributed by atoms with Gasteiger partial charge in [-0.1, -0.05) is 0 Å². The average Bonchev–Trinajstić information content (AvgIpc) is 3.26. The van der Waals surface area contributed by atoms with Crippen LogP contribution < -0.4 is 0 Å². The van der Waals surface area contributed by atoms with Crippen molar-refractivity contribution in [2.24, 2.45) is 0 Å². The summed E-state index contributed by atoms with van der Waals surface area (Å²) >= 11 is 1.51. The highest BCUT2D eigenvalue weighted by Crippen LogP contribution is 2.31. The number of rotatable bonds is 2. The van der Waals surface area contributed by atoms with E-state index in [1.165, 1.54) is 11.3 Å². The van der Waals surface area contributed by atoms with Gasteiger partial charge in [-0.3, -0.25) is 4.79 Å². The van der Waals surface area contributed by atoms with E-state index in [9.17, 15) is 4.79 Å². The van der Waals surface area contributed by atoms with Crippen molar-refractivity contribution in [2.75, 3.05) is 0 Å². The van der Waals surface area contributed by atoms with E-state index in [1.54, 1.807) is 6.20 Å². The first-order valence-corrected chi connectivity index (χ1v) is 8.74. The molecule has 3 aromatic heterocycles. The molecule has 0 aromatic carbocycles. The van der Waals surface area contributed by atoms with Crippen molar-refractivity contribution < 1.29 is 4.79 Å². The van der Waals surface area contributed by atoms with Crippen molar-refractivity contribution >= 4 is 28.3 Å². The number of fused-ring (bicyclic) bond motifs is 1. The van der Waals surface area contributed by atoms with Crippen molar-refractivity contribution in [3.8, 4) is 10.6 Å². The van der Waals surface area contributed by atoms with Gasteiger partial charge in [0.15, 0.2) is 0 Å². The second-order valence-electron chi connectivity index (χ2n) is 6.12. The Morgan fingerprint density at radius 1 is 1.30 bits per heavy atom. The van der Waals surface area contributed by atoms with Crippen LogP contribution in [0.3, 0.4) is 0 Å². The van der Waals surface area contributed by atoms with Gasteiger partial charge in [0.05, 0.1) is 0 Å². The number of hydrogen-bond acceptors (Lipinski definition) is 4. The van der Waals surface area contributed by atoms with Crippen LogP contribution in [-0.2, 0) is 0 Å². The fourth-order valence-electron chi connectivity index (χ4n) is 3.37. The van der Waals surface area contributed by atoms with Crippen LogP contribution in [0.2, 0.25) is 0 Å². The number of H-pyrrole nitrogens is 1. The predicted octanol–water partition coefficient (Wildman–Crippen LogP) is 3.70. The number of thiazole rings is 1. The maximum Gasteiger partial charge on any atom is 0.273 e. The Hall–Kier alpha value is -2.21. The van der Waals surface area contributed by atoms with Gasteiger partial charge in [-0.15, -0.1) is 11.3 Å². The molecule has 1 aliphatic heterocycles. The van der Waals surface area contributed by atoms with Gasteiger partial charge in [0, 0.05) is 40.8 Å². The molecule has 1 N–H and O–H groups in total. The zero-order valence-electron chi connectivity index (χ0n) is 13.1. The molecular formula is C17H18N4OS. The molecule has 4 heterocycles. The lowest BCUT2D eigenvalue weighted by atomic mass is 10.2. The van der Waals surface area contributed by atoms with E-state index < -0.39 is 0 Å². The van der Waals surface area contributed by atoms with E-state index in [1.807, 2.05) is 28.6 Å². The highest BCUT2D eigenvalue weighted by molar-refractivity contribution is 7.13. The molecule has 118 valence electrons. The maximum absolute atomic E-state index is 12.8. The van der Waals surface area contributed by atoms with Gasteiger partial charge in [-0.25, -0.2) is 9.97 Å². The van der Waals surface area contributed by atoms with Crippen LogP contribution in [-0.4, -0.2) is 37.8 Å². The molecule has 0 radical (unpaired) electrons. The van der Waals surface area contributed by atoms with Gasteiger partial charge < -0.3 is 9.88 Å². The number of carbonyl (C=O) groups excluding carboxylic acids is 1. The maximum atomic E-state index is 12.8. The van der Waals surface area contributed by atoms with Crippen LogP contribution in [0.4, 0.5) is 0 Å². The lowest BCUT2D eigenvalue weighted by Crippen LogP contribution is -2.38. The van der Waals surface area contributed by atoms with Crippen LogP contribution >= 0.6 is 11.3 Å². The molecule has 0 aliphatic carbocycles. The third-order valence-corrected chi connectivity index (χ3v) is 5.48. The van der Waals surface area contributed by atoms with E-state index in [0.717, 1.165) is 34.4 Å². The summed E-state index contributed by atoms with van der Waals surface area (Å²) in [6.07, 6.45) is 5.77. The molecule has 1 saturated heterocycles. The minimum Gasteiger partial charge on any atom is -0.346 e. The molecule has 5 nitrogen and oxygen atoms in total. The number of nitrogens with one attached hydrogen (secondary N) is 1. The molecule has 1 fully saturated rings. The third kappa shape index (κ3) is 2.34. The van der Waals surface area contributed by atoms with E-state index in [2.05, 4.69) is 28.8 Å². The van der Waals surface area contributed by atoms with E-state index in [-0.39, 0.29) is 5.91 Å². The molecule has 3 aromatic rings. The standard InChI is InChI=1S/C17H18N4OS/c1-10-3-4-11(2)21(10)17(22)14-9-23-16(20-14)13-6-8-19-15-12(13)5-7-18-15/h5-11H,3-4H2,1-2H3,(H,18,19)/t10-,11-/m1/s1. The molecule has 23 heavy (non-hydrogen) atoms. The highest BCUT2D eigenvalue weighted by Gasteiger charge is 2.33. The van der Waals surface area contributed by atoms with Gasteiger partial charge >= 0.3 is 0 Å². The number of amides is 1. The van der Waals surface area contributed by atoms with Crippen LogP contribution in [0, 0.1) is 0 Å². The van der Waals surface area contributed by atoms with Crippen molar-refractivity contribution in [1.82, 2.24) is 19.9 Å². The van der Waals surface area contributed by atoms with Gasteiger partial charge in [0.25, 0.3) is 5.91 Å². The fraction of sp³-hybridized carbons (Fsp3) is 0.353. The highest BCUT2D eigenvalue weighted by atomic mass is 32.1. The second kappa shape index (κ2) is 5.45. The minimum atomic E-state index is 0.0457. The van der Waals surface area contributed by atoms with Gasteiger partial charge in [0.2, 0.25) is 0 Å². The Kier molecular flexibility index (Phi) is 3.41. The van der Waals surface area contributed by atoms with Crippen molar-refractivity contribution in [3.63, 3.8) is 0 Å².